The number of nitrogens with one attached hydrogen (secondary N) is 2. The highest BCUT2D eigenvalue weighted by molar-refractivity contribution is 6.43. The summed E-state index contributed by atoms with van der Waals surface area (Å²) in [5, 5.41) is 11.9. The van der Waals surface area contributed by atoms with Crippen LogP contribution in [0.5, 0.6) is 5.75 Å². The molecule has 6 nitrogen and oxygen atoms in total. The minimum atomic E-state index is -2.72. The molecular weight excluding hydrogens is 457 g/mol. The highest BCUT2D eigenvalue weighted by Gasteiger charge is 2.37. The molecule has 2 fully saturated rings. The van der Waals surface area contributed by atoms with Crippen LogP contribution in [0.4, 0.5) is 13.2 Å². The lowest BCUT2D eigenvalue weighted by Gasteiger charge is -2.29. The smallest absolute Gasteiger partial charge is 0.258 e. The Morgan fingerprint density at radius 2 is 1.97 bits per heavy atom. The molecule has 1 saturated heterocycles. The first-order chi connectivity index (χ1) is 15.5. The van der Waals surface area contributed by atoms with Gasteiger partial charge in [-0.05, 0) is 38.8 Å². The molecule has 1 aliphatic carbocycles. The van der Waals surface area contributed by atoms with Crippen molar-refractivity contribution in [3.05, 3.63) is 51.7 Å². The number of likely N-dealkylation sites (tertiary alicyclic amines) is 1. The number of carbonyl (C=O) groups is 1. The summed E-state index contributed by atoms with van der Waals surface area (Å²) in [6.07, 6.45) is -0.876. The van der Waals surface area contributed by atoms with Crippen molar-refractivity contribution in [1.82, 2.24) is 10.2 Å². The van der Waals surface area contributed by atoms with Crippen molar-refractivity contribution in [2.45, 2.75) is 51.6 Å². The van der Waals surface area contributed by atoms with Crippen molar-refractivity contribution in [1.29, 1.82) is 5.41 Å². The highest BCUT2D eigenvalue weighted by atomic mass is 35.5. The molecule has 2 N–H and O–H groups in total. The Kier molecular flexibility index (Phi) is 6.26. The molecule has 0 atom stereocenters. The van der Waals surface area contributed by atoms with E-state index in [0.29, 0.717) is 27.8 Å². The monoisotopic (exact) mass is 480 g/mol. The van der Waals surface area contributed by atoms with Crippen LogP contribution in [0.25, 0.3) is 0 Å². The van der Waals surface area contributed by atoms with Gasteiger partial charge in [0.1, 0.15) is 17.4 Å². The van der Waals surface area contributed by atoms with Gasteiger partial charge in [0, 0.05) is 30.2 Å². The number of hydrogen-bond acceptors (Lipinski definition) is 5. The van der Waals surface area contributed by atoms with Crippen molar-refractivity contribution >= 4 is 28.9 Å². The first kappa shape index (κ1) is 23.4. The van der Waals surface area contributed by atoms with Gasteiger partial charge in [0.25, 0.3) is 5.91 Å². The summed E-state index contributed by atoms with van der Waals surface area (Å²) in [6.45, 7) is 3.74. The number of rotatable bonds is 3. The van der Waals surface area contributed by atoms with Gasteiger partial charge in [0.15, 0.2) is 0 Å². The summed E-state index contributed by atoms with van der Waals surface area (Å²) < 4.78 is 46.7. The minimum Gasteiger partial charge on any atom is -0.489 e. The number of amides is 1. The molecule has 4 rings (SSSR count). The zero-order valence-electron chi connectivity index (χ0n) is 18.3. The van der Waals surface area contributed by atoms with Crippen molar-refractivity contribution in [3.8, 4) is 5.75 Å². The lowest BCUT2D eigenvalue weighted by atomic mass is 9.94. The third kappa shape index (κ3) is 4.93. The number of carbonyl (C=O) groups excluding carboxylic acids is 1. The molecule has 1 aromatic rings. The SMILES string of the molecule is CC1=N/C(=C2\CN(C(=O)c3ccc(F)cc3OC3CCC(F)(F)CC3)CC2=N)NC(C)=C1Cl. The van der Waals surface area contributed by atoms with E-state index in [1.54, 1.807) is 13.8 Å². The van der Waals surface area contributed by atoms with Gasteiger partial charge >= 0.3 is 0 Å². The van der Waals surface area contributed by atoms with E-state index in [1.807, 2.05) is 0 Å². The molecule has 0 spiro atoms. The predicted molar refractivity (Wildman–Crippen MR) is 120 cm³/mol. The van der Waals surface area contributed by atoms with Crippen molar-refractivity contribution in [2.24, 2.45) is 4.99 Å². The Morgan fingerprint density at radius 1 is 1.27 bits per heavy atom. The molecule has 2 heterocycles. The quantitative estimate of drug-likeness (QED) is 0.638. The van der Waals surface area contributed by atoms with Crippen LogP contribution >= 0.6 is 11.6 Å². The first-order valence-corrected chi connectivity index (χ1v) is 11.0. The molecule has 1 saturated carbocycles. The molecule has 3 aliphatic rings. The number of benzene rings is 1. The van der Waals surface area contributed by atoms with E-state index in [4.69, 9.17) is 21.7 Å². The number of alkyl halides is 2. The Hall–Kier alpha value is -2.81. The maximum absolute atomic E-state index is 13.9. The van der Waals surface area contributed by atoms with Crippen LogP contribution in [0.3, 0.4) is 0 Å². The average molecular weight is 481 g/mol. The third-order valence-electron chi connectivity index (χ3n) is 6.00. The number of nitrogens with zero attached hydrogens (tertiary/aromatic N) is 2. The van der Waals surface area contributed by atoms with Crippen molar-refractivity contribution < 1.29 is 22.7 Å². The molecule has 10 heteroatoms. The average Bonchev–Trinajstić information content (AvgIpc) is 3.14. The van der Waals surface area contributed by atoms with Gasteiger partial charge in [0.05, 0.1) is 41.2 Å². The second-order valence-electron chi connectivity index (χ2n) is 8.54. The summed E-state index contributed by atoms with van der Waals surface area (Å²) in [5.74, 6) is -3.25. The van der Waals surface area contributed by atoms with Crippen LogP contribution in [0, 0.1) is 11.2 Å². The molecule has 2 aliphatic heterocycles. The van der Waals surface area contributed by atoms with Gasteiger partial charge in [-0.15, -0.1) is 0 Å². The zero-order valence-corrected chi connectivity index (χ0v) is 19.0. The van der Waals surface area contributed by atoms with E-state index in [1.165, 1.54) is 11.0 Å². The standard InChI is InChI=1S/C23H24ClF3N4O2/c1-12-20(24)13(2)30-21(29-12)17-10-31(11-18(17)28)22(32)16-4-3-14(25)9-19(16)33-15-5-7-23(26,27)8-6-15/h3-4,9,15,28-29H,5-8,10-11H2,1-2H3/b21-17+,28-18?. The van der Waals surface area contributed by atoms with E-state index in [0.717, 1.165) is 12.1 Å². The molecule has 1 aromatic carbocycles. The molecular formula is C23H24ClF3N4O2. The number of aliphatic imine (C=N–C) groups is 1. The van der Waals surface area contributed by atoms with E-state index in [9.17, 15) is 18.0 Å². The number of hydrogen-bond donors (Lipinski definition) is 2. The number of halogens is 4. The maximum atomic E-state index is 13.9. The lowest BCUT2D eigenvalue weighted by Crippen LogP contribution is -2.32. The topological polar surface area (TPSA) is 77.8 Å². The predicted octanol–water partition coefficient (Wildman–Crippen LogP) is 5.00. The highest BCUT2D eigenvalue weighted by Crippen LogP contribution is 2.36. The molecule has 0 aromatic heterocycles. The zero-order chi connectivity index (χ0) is 23.9. The van der Waals surface area contributed by atoms with Crippen LogP contribution in [-0.2, 0) is 0 Å². The fourth-order valence-electron chi connectivity index (χ4n) is 4.13. The number of ether oxygens (including phenoxy) is 1. The Bertz CT molecular complexity index is 1100. The lowest BCUT2D eigenvalue weighted by molar-refractivity contribution is -0.0583. The van der Waals surface area contributed by atoms with Crippen LogP contribution in [0.15, 0.2) is 45.3 Å². The van der Waals surface area contributed by atoms with Crippen LogP contribution in [0.1, 0.15) is 49.9 Å². The maximum Gasteiger partial charge on any atom is 0.258 e. The van der Waals surface area contributed by atoms with E-state index < -0.39 is 23.8 Å². The molecule has 0 bridgehead atoms. The summed E-state index contributed by atoms with van der Waals surface area (Å²) in [7, 11) is 0. The van der Waals surface area contributed by atoms with Gasteiger partial charge in [-0.25, -0.2) is 18.2 Å². The molecule has 0 radical (unpaired) electrons. The summed E-state index contributed by atoms with van der Waals surface area (Å²) >= 11 is 6.17. The van der Waals surface area contributed by atoms with Gasteiger partial charge in [-0.1, -0.05) is 11.6 Å². The second kappa shape index (κ2) is 8.85. The fraction of sp³-hybridized carbons (Fsp3) is 0.435. The Labute approximate surface area is 194 Å². The summed E-state index contributed by atoms with van der Waals surface area (Å²) in [6, 6.07) is 3.59. The van der Waals surface area contributed by atoms with Gasteiger partial charge in [-0.3, -0.25) is 4.79 Å². The van der Waals surface area contributed by atoms with E-state index >= 15 is 0 Å². The number of allylic oxidation sites excluding steroid dienone is 2. The van der Waals surface area contributed by atoms with Gasteiger partial charge < -0.3 is 20.4 Å². The minimum absolute atomic E-state index is 0.0260. The molecule has 0 unspecified atom stereocenters. The first-order valence-electron chi connectivity index (χ1n) is 10.7. The Morgan fingerprint density at radius 3 is 2.64 bits per heavy atom. The molecule has 176 valence electrons. The van der Waals surface area contributed by atoms with Crippen LogP contribution in [0.2, 0.25) is 0 Å². The van der Waals surface area contributed by atoms with Crippen LogP contribution in [-0.4, -0.2) is 47.3 Å². The van der Waals surface area contributed by atoms with E-state index in [2.05, 4.69) is 10.3 Å². The molecule has 1 amide bonds. The third-order valence-corrected chi connectivity index (χ3v) is 6.56. The van der Waals surface area contributed by atoms with Gasteiger partial charge in [-0.2, -0.15) is 0 Å². The summed E-state index contributed by atoms with van der Waals surface area (Å²) in [5.41, 5.74) is 2.23. The van der Waals surface area contributed by atoms with Crippen molar-refractivity contribution in [2.75, 3.05) is 13.1 Å². The Balaban J connectivity index is 1.55. The second-order valence-corrected chi connectivity index (χ2v) is 8.92. The van der Waals surface area contributed by atoms with E-state index in [-0.39, 0.29) is 55.8 Å². The normalized spacial score (nSPS) is 23.5. The van der Waals surface area contributed by atoms with Crippen molar-refractivity contribution in [3.63, 3.8) is 0 Å². The fourth-order valence-corrected chi connectivity index (χ4v) is 4.22. The summed E-state index contributed by atoms with van der Waals surface area (Å²) in [4.78, 5) is 19.1. The van der Waals surface area contributed by atoms with Crippen LogP contribution < -0.4 is 10.1 Å². The molecule has 33 heavy (non-hydrogen) atoms. The largest absolute Gasteiger partial charge is 0.489 e. The van der Waals surface area contributed by atoms with Gasteiger partial charge in [0.2, 0.25) is 5.92 Å².